The molecule has 0 aliphatic carbocycles. The zero-order valence-corrected chi connectivity index (χ0v) is 15.9. The lowest BCUT2D eigenvalue weighted by atomic mass is 10.2. The maximum absolute atomic E-state index is 5.90. The summed E-state index contributed by atoms with van der Waals surface area (Å²) in [5, 5.41) is 0. The monoisotopic (exact) mass is 342 g/mol. The summed E-state index contributed by atoms with van der Waals surface area (Å²) in [6.45, 7) is 7.63. The quantitative estimate of drug-likeness (QED) is 0.475. The fraction of sp³-hybridized carbons (Fsp3) is 0.400. The van der Waals surface area contributed by atoms with Crippen molar-refractivity contribution in [3.05, 3.63) is 71.8 Å². The lowest BCUT2D eigenvalue weighted by molar-refractivity contribution is 0.118. The van der Waals surface area contributed by atoms with Gasteiger partial charge in [0.25, 0.3) is 0 Å². The van der Waals surface area contributed by atoms with Crippen molar-refractivity contribution in [3.8, 4) is 0 Å². The molecule has 0 aliphatic rings. The second-order valence-electron chi connectivity index (χ2n) is 6.36. The van der Waals surface area contributed by atoms with Crippen LogP contribution in [0.3, 0.4) is 0 Å². The third kappa shape index (κ3) is 6.77. The van der Waals surface area contributed by atoms with Crippen molar-refractivity contribution in [2.24, 2.45) is 0 Å². The molecule has 0 heterocycles. The Morgan fingerprint density at radius 2 is 1.12 bits per heavy atom. The van der Waals surface area contributed by atoms with Crippen LogP contribution < -0.4 is 0 Å². The number of hydrogen-bond donors (Lipinski definition) is 0. The first-order chi connectivity index (χ1) is 11.7. The first-order valence-corrected chi connectivity index (χ1v) is 10.5. The van der Waals surface area contributed by atoms with Gasteiger partial charge >= 0.3 is 0 Å². The molecular formula is C20H28BO2P. The fourth-order valence-corrected chi connectivity index (χ4v) is 4.06. The van der Waals surface area contributed by atoms with E-state index in [0.717, 1.165) is 13.2 Å². The molecule has 2 atom stereocenters. The summed E-state index contributed by atoms with van der Waals surface area (Å²) < 4.78 is 11.8. The van der Waals surface area contributed by atoms with Crippen molar-refractivity contribution in [1.82, 2.24) is 0 Å². The highest BCUT2D eigenvalue weighted by Gasteiger charge is 2.18. The lowest BCUT2D eigenvalue weighted by Gasteiger charge is -2.27. The van der Waals surface area contributed by atoms with Gasteiger partial charge in [0.15, 0.2) is 0 Å². The van der Waals surface area contributed by atoms with E-state index in [-0.39, 0.29) is 7.80 Å². The zero-order valence-electron chi connectivity index (χ0n) is 15.0. The van der Waals surface area contributed by atoms with Gasteiger partial charge in [0, 0.05) is 0 Å². The first kappa shape index (κ1) is 19.2. The molecule has 2 aromatic carbocycles. The highest BCUT2D eigenvalue weighted by molar-refractivity contribution is 7.83. The van der Waals surface area contributed by atoms with Crippen LogP contribution in [0.15, 0.2) is 60.7 Å². The van der Waals surface area contributed by atoms with Gasteiger partial charge in [0.2, 0.25) is 0 Å². The number of rotatable bonds is 10. The predicted octanol–water partition coefficient (Wildman–Crippen LogP) is 4.23. The van der Waals surface area contributed by atoms with Crippen molar-refractivity contribution in [2.45, 2.75) is 38.4 Å². The second-order valence-corrected chi connectivity index (χ2v) is 9.46. The van der Waals surface area contributed by atoms with Crippen LogP contribution >= 0.6 is 7.80 Å². The summed E-state index contributed by atoms with van der Waals surface area (Å²) in [6, 6.07) is 20.7. The normalized spacial score (nSPS) is 13.8. The summed E-state index contributed by atoms with van der Waals surface area (Å²) in [4.78, 5) is 0. The van der Waals surface area contributed by atoms with E-state index >= 15 is 0 Å². The molecule has 0 unspecified atom stereocenters. The minimum Gasteiger partial charge on any atom is -0.376 e. The van der Waals surface area contributed by atoms with Gasteiger partial charge in [-0.2, -0.15) is 0 Å². The Labute approximate surface area is 148 Å². The molecule has 0 radical (unpaired) electrons. The molecule has 4 heteroatoms. The van der Waals surface area contributed by atoms with E-state index in [1.807, 2.05) is 12.1 Å². The summed E-state index contributed by atoms with van der Waals surface area (Å²) in [7, 11) is 2.25. The Balaban J connectivity index is 1.64. The molecule has 0 saturated heterocycles. The maximum Gasteiger partial charge on any atom is 0.135 e. The van der Waals surface area contributed by atoms with Gasteiger partial charge in [-0.1, -0.05) is 74.5 Å². The van der Waals surface area contributed by atoms with E-state index in [1.54, 1.807) is 0 Å². The molecule has 0 fully saturated rings. The molecule has 0 bridgehead atoms. The van der Waals surface area contributed by atoms with Crippen LogP contribution in [0.25, 0.3) is 0 Å². The van der Waals surface area contributed by atoms with E-state index in [9.17, 15) is 0 Å². The average Bonchev–Trinajstić information content (AvgIpc) is 2.62. The fourth-order valence-electron chi connectivity index (χ4n) is 2.51. The Hall–Kier alpha value is -1.15. The highest BCUT2D eigenvalue weighted by Crippen LogP contribution is 2.41. The molecule has 2 rings (SSSR count). The van der Waals surface area contributed by atoms with Crippen molar-refractivity contribution >= 4 is 15.4 Å². The van der Waals surface area contributed by atoms with Crippen LogP contribution in [0.5, 0.6) is 0 Å². The van der Waals surface area contributed by atoms with Gasteiger partial charge < -0.3 is 9.47 Å². The molecule has 0 amide bonds. The first-order valence-electron chi connectivity index (χ1n) is 8.62. The summed E-state index contributed by atoms with van der Waals surface area (Å²) in [5.41, 5.74) is 3.65. The van der Waals surface area contributed by atoms with Crippen LogP contribution in [0.2, 0.25) is 0 Å². The van der Waals surface area contributed by atoms with Crippen LogP contribution in [-0.2, 0) is 22.7 Å². The smallest absolute Gasteiger partial charge is 0.135 e. The van der Waals surface area contributed by atoms with Gasteiger partial charge in [-0.25, -0.2) is 0 Å². The lowest BCUT2D eigenvalue weighted by Crippen LogP contribution is -2.19. The van der Waals surface area contributed by atoms with Crippen molar-refractivity contribution in [2.75, 3.05) is 13.2 Å². The minimum atomic E-state index is -0.114. The summed E-state index contributed by atoms with van der Waals surface area (Å²) in [5.74, 6) is 0. The van der Waals surface area contributed by atoms with Crippen LogP contribution in [0, 0.1) is 0 Å². The standard InChI is InChI=1S/C20H28BO2P/c1-17(13-22-15-19-9-5-3-6-10-19)24(21)18(2)14-23-16-20-11-7-4-8-12-20/h3-12,17-18H,13-16,21H2,1-2H3/t17-,18-/m1/s1. The van der Waals surface area contributed by atoms with Crippen molar-refractivity contribution < 1.29 is 9.47 Å². The molecule has 0 spiro atoms. The van der Waals surface area contributed by atoms with Crippen LogP contribution in [0.4, 0.5) is 0 Å². The maximum atomic E-state index is 5.90. The molecule has 128 valence electrons. The number of ether oxygens (including phenoxy) is 2. The molecular weight excluding hydrogens is 314 g/mol. The van der Waals surface area contributed by atoms with Gasteiger partial charge in [-0.3, -0.25) is 0 Å². The summed E-state index contributed by atoms with van der Waals surface area (Å²) in [6.07, 6.45) is 0. The number of hydrogen-bond acceptors (Lipinski definition) is 2. The average molecular weight is 342 g/mol. The Morgan fingerprint density at radius 1 is 0.750 bits per heavy atom. The Morgan fingerprint density at radius 3 is 1.50 bits per heavy atom. The predicted molar refractivity (Wildman–Crippen MR) is 107 cm³/mol. The molecule has 2 nitrogen and oxygen atoms in total. The SMILES string of the molecule is BP([C@H](C)COCc1ccccc1)[C@H](C)COCc1ccccc1. The summed E-state index contributed by atoms with van der Waals surface area (Å²) >= 11 is 0. The minimum absolute atomic E-state index is 0.114. The van der Waals surface area contributed by atoms with E-state index in [2.05, 4.69) is 69.9 Å². The Bertz CT molecular complexity index is 513. The van der Waals surface area contributed by atoms with E-state index < -0.39 is 0 Å². The van der Waals surface area contributed by atoms with E-state index in [0.29, 0.717) is 24.5 Å². The van der Waals surface area contributed by atoms with Crippen molar-refractivity contribution in [3.63, 3.8) is 0 Å². The van der Waals surface area contributed by atoms with E-state index in [4.69, 9.17) is 9.47 Å². The van der Waals surface area contributed by atoms with Gasteiger partial charge in [0.05, 0.1) is 26.4 Å². The molecule has 2 aromatic rings. The topological polar surface area (TPSA) is 18.5 Å². The molecule has 0 aromatic heterocycles. The van der Waals surface area contributed by atoms with Crippen molar-refractivity contribution in [1.29, 1.82) is 0 Å². The van der Waals surface area contributed by atoms with Gasteiger partial charge in [-0.15, -0.1) is 7.80 Å². The zero-order chi connectivity index (χ0) is 17.2. The van der Waals surface area contributed by atoms with Crippen LogP contribution in [-0.4, -0.2) is 32.1 Å². The highest BCUT2D eigenvalue weighted by atomic mass is 31.1. The molecule has 0 saturated carbocycles. The third-order valence-electron chi connectivity index (χ3n) is 4.33. The number of benzene rings is 2. The largest absolute Gasteiger partial charge is 0.376 e. The second kappa shape index (κ2) is 10.7. The molecule has 0 aliphatic heterocycles. The van der Waals surface area contributed by atoms with E-state index in [1.165, 1.54) is 11.1 Å². The third-order valence-corrected chi connectivity index (χ3v) is 7.41. The van der Waals surface area contributed by atoms with Gasteiger partial charge in [-0.05, 0) is 22.4 Å². The molecule has 24 heavy (non-hydrogen) atoms. The Kier molecular flexibility index (Phi) is 8.52. The van der Waals surface area contributed by atoms with Crippen LogP contribution in [0.1, 0.15) is 25.0 Å². The molecule has 0 N–H and O–H groups in total. The van der Waals surface area contributed by atoms with Gasteiger partial charge in [0.1, 0.15) is 7.57 Å².